The molecule has 172 valence electrons. The van der Waals surface area contributed by atoms with Crippen LogP contribution in [0.3, 0.4) is 0 Å². The number of halogens is 3. The van der Waals surface area contributed by atoms with Crippen molar-refractivity contribution in [3.8, 4) is 0 Å². The third-order valence-electron chi connectivity index (χ3n) is 5.58. The lowest BCUT2D eigenvalue weighted by Crippen LogP contribution is -2.21. The number of hydrogen-bond acceptors (Lipinski definition) is 3. The molecule has 0 fully saturated rings. The highest BCUT2D eigenvalue weighted by molar-refractivity contribution is 7.11. The largest absolute Gasteiger partial charge is 0.443 e. The number of carbonyl (C=O) groups excluding carboxylic acids is 1. The normalized spacial score (nSPS) is 12.9. The Morgan fingerprint density at radius 2 is 1.82 bits per heavy atom. The van der Waals surface area contributed by atoms with Gasteiger partial charge >= 0.3 is 12.1 Å². The first-order valence-electron chi connectivity index (χ1n) is 10.7. The summed E-state index contributed by atoms with van der Waals surface area (Å²) < 4.78 is 46.6. The van der Waals surface area contributed by atoms with Gasteiger partial charge in [-0.3, -0.25) is 4.79 Å². The summed E-state index contributed by atoms with van der Waals surface area (Å²) in [6.07, 6.45) is 0.208. The van der Waals surface area contributed by atoms with E-state index in [1.54, 1.807) is 5.38 Å². The number of hydrogen-bond donors (Lipinski definition) is 0. The highest BCUT2D eigenvalue weighted by Gasteiger charge is 2.32. The van der Waals surface area contributed by atoms with Crippen LogP contribution in [-0.4, -0.2) is 10.5 Å². The minimum Gasteiger partial charge on any atom is -0.443 e. The summed E-state index contributed by atoms with van der Waals surface area (Å²) in [5.41, 5.74) is 1.62. The number of nitrogens with zero attached hydrogens (tertiary/aromatic N) is 1. The van der Waals surface area contributed by atoms with Gasteiger partial charge in [0.1, 0.15) is 0 Å². The maximum absolute atomic E-state index is 13.1. The van der Waals surface area contributed by atoms with E-state index in [4.69, 9.17) is 4.74 Å². The second kappa shape index (κ2) is 9.43. The molecule has 1 unspecified atom stereocenters. The van der Waals surface area contributed by atoms with Gasteiger partial charge in [0, 0.05) is 17.3 Å². The van der Waals surface area contributed by atoms with Crippen molar-refractivity contribution in [2.45, 2.75) is 39.1 Å². The lowest BCUT2D eigenvalue weighted by atomic mass is 9.92. The second-order valence-corrected chi connectivity index (χ2v) is 9.32. The Hall–Kier alpha value is -3.06. The van der Waals surface area contributed by atoms with E-state index in [-0.39, 0.29) is 18.6 Å². The number of aromatic nitrogens is 1. The number of fused-ring (bicyclic) bond motifs is 1. The Balaban J connectivity index is 1.47. The van der Waals surface area contributed by atoms with Gasteiger partial charge < -0.3 is 9.30 Å². The summed E-state index contributed by atoms with van der Waals surface area (Å²) in [7, 11) is 0. The molecule has 2 aromatic carbocycles. The van der Waals surface area contributed by atoms with Crippen LogP contribution >= 0.6 is 11.3 Å². The fourth-order valence-electron chi connectivity index (χ4n) is 3.91. The molecule has 2 aromatic heterocycles. The van der Waals surface area contributed by atoms with Gasteiger partial charge in [0.05, 0.1) is 11.5 Å². The molecule has 0 saturated carbocycles. The molecule has 0 spiro atoms. The zero-order valence-corrected chi connectivity index (χ0v) is 19.1. The Morgan fingerprint density at radius 3 is 2.52 bits per heavy atom. The zero-order valence-electron chi connectivity index (χ0n) is 18.3. The van der Waals surface area contributed by atoms with Gasteiger partial charge in [-0.2, -0.15) is 13.2 Å². The lowest BCUT2D eigenvalue weighted by Gasteiger charge is -2.19. The van der Waals surface area contributed by atoms with Crippen molar-refractivity contribution in [1.29, 1.82) is 0 Å². The summed E-state index contributed by atoms with van der Waals surface area (Å²) in [6, 6.07) is 15.7. The third kappa shape index (κ3) is 5.30. The average molecular weight is 472 g/mol. The first-order valence-corrected chi connectivity index (χ1v) is 11.5. The van der Waals surface area contributed by atoms with E-state index in [9.17, 15) is 18.0 Å². The van der Waals surface area contributed by atoms with Crippen LogP contribution in [0.15, 0.2) is 72.4 Å². The van der Waals surface area contributed by atoms with Crippen LogP contribution in [-0.2, 0) is 28.9 Å². The molecular formula is C26H24F3NO2S. The number of ether oxygens (including phenoxy) is 1. The number of benzene rings is 2. The van der Waals surface area contributed by atoms with Crippen LogP contribution in [0.4, 0.5) is 13.2 Å². The number of thiophene rings is 1. The van der Waals surface area contributed by atoms with Crippen molar-refractivity contribution >= 4 is 28.1 Å². The molecule has 0 aliphatic carbocycles. The van der Waals surface area contributed by atoms with Crippen LogP contribution in [0.2, 0.25) is 0 Å². The third-order valence-corrected chi connectivity index (χ3v) is 6.68. The van der Waals surface area contributed by atoms with Crippen molar-refractivity contribution in [2.75, 3.05) is 0 Å². The van der Waals surface area contributed by atoms with E-state index in [2.05, 4.69) is 12.1 Å². The van der Waals surface area contributed by atoms with Gasteiger partial charge in [-0.1, -0.05) is 50.2 Å². The van der Waals surface area contributed by atoms with E-state index in [1.165, 1.54) is 23.0 Å². The van der Waals surface area contributed by atoms with Crippen molar-refractivity contribution in [1.82, 2.24) is 4.57 Å². The highest BCUT2D eigenvalue weighted by Crippen LogP contribution is 2.39. The van der Waals surface area contributed by atoms with Crippen molar-refractivity contribution in [2.24, 2.45) is 5.92 Å². The molecule has 2 heterocycles. The SMILES string of the molecule is CC(C)C(C(=O)OCn1ccc(Cc2ccccc2)c1)c1scc2cc(C(F)(F)F)ccc12. The molecule has 7 heteroatoms. The first-order chi connectivity index (χ1) is 15.7. The lowest BCUT2D eigenvalue weighted by molar-refractivity contribution is -0.150. The summed E-state index contributed by atoms with van der Waals surface area (Å²) in [6.45, 7) is 3.91. The summed E-state index contributed by atoms with van der Waals surface area (Å²) in [5.74, 6) is -1.00. The Bertz CT molecular complexity index is 1240. The Labute approximate surface area is 194 Å². The summed E-state index contributed by atoms with van der Waals surface area (Å²) >= 11 is 1.30. The number of rotatable bonds is 7. The average Bonchev–Trinajstić information content (AvgIpc) is 3.39. The maximum atomic E-state index is 13.1. The molecule has 0 amide bonds. The minimum absolute atomic E-state index is 0.0695. The van der Waals surface area contributed by atoms with E-state index < -0.39 is 17.7 Å². The van der Waals surface area contributed by atoms with Crippen molar-refractivity contribution < 1.29 is 22.7 Å². The number of alkyl halides is 3. The number of esters is 1. The Morgan fingerprint density at radius 1 is 1.06 bits per heavy atom. The zero-order chi connectivity index (χ0) is 23.6. The van der Waals surface area contributed by atoms with E-state index in [0.29, 0.717) is 10.8 Å². The molecule has 0 N–H and O–H groups in total. The highest BCUT2D eigenvalue weighted by atomic mass is 32.1. The van der Waals surface area contributed by atoms with E-state index >= 15 is 0 Å². The van der Waals surface area contributed by atoms with Crippen molar-refractivity contribution in [3.05, 3.63) is 93.9 Å². The molecule has 1 atom stereocenters. The van der Waals surface area contributed by atoms with Gasteiger partial charge in [0.2, 0.25) is 0 Å². The predicted molar refractivity (Wildman–Crippen MR) is 124 cm³/mol. The molecule has 0 bridgehead atoms. The quantitative estimate of drug-likeness (QED) is 0.266. The van der Waals surface area contributed by atoms with Gasteiger partial charge in [-0.25, -0.2) is 0 Å². The number of carbonyl (C=O) groups is 1. The molecule has 0 aliphatic heterocycles. The topological polar surface area (TPSA) is 31.2 Å². The molecule has 0 saturated heterocycles. The fraction of sp³-hybridized carbons (Fsp3) is 0.269. The monoisotopic (exact) mass is 471 g/mol. The standard InChI is InChI=1S/C26H24F3NO2S/c1-17(2)23(24-22-9-8-21(26(27,28)29)13-20(22)15-33-24)25(31)32-16-30-11-10-19(14-30)12-18-6-4-3-5-7-18/h3-11,13-15,17,23H,12,16H2,1-2H3. The fourth-order valence-corrected chi connectivity index (χ4v) is 5.19. The van der Waals surface area contributed by atoms with E-state index in [1.807, 2.05) is 55.1 Å². The molecule has 0 radical (unpaired) electrons. The van der Waals surface area contributed by atoms with Gasteiger partial charge in [0.15, 0.2) is 6.73 Å². The summed E-state index contributed by atoms with van der Waals surface area (Å²) in [5, 5.41) is 2.82. The predicted octanol–water partition coefficient (Wildman–Crippen LogP) is 7.25. The van der Waals surface area contributed by atoms with Crippen LogP contribution in [0.1, 0.15) is 41.3 Å². The van der Waals surface area contributed by atoms with Gasteiger partial charge in [-0.05, 0) is 57.8 Å². The Kier molecular flexibility index (Phi) is 6.61. The summed E-state index contributed by atoms with van der Waals surface area (Å²) in [4.78, 5) is 13.7. The van der Waals surface area contributed by atoms with Gasteiger partial charge in [0.25, 0.3) is 0 Å². The van der Waals surface area contributed by atoms with Gasteiger partial charge in [-0.15, -0.1) is 11.3 Å². The molecule has 4 rings (SSSR count). The van der Waals surface area contributed by atoms with Crippen molar-refractivity contribution in [3.63, 3.8) is 0 Å². The molecule has 3 nitrogen and oxygen atoms in total. The molecule has 4 aromatic rings. The first kappa shape index (κ1) is 23.1. The second-order valence-electron chi connectivity index (χ2n) is 8.41. The van der Waals surface area contributed by atoms with Crippen LogP contribution < -0.4 is 0 Å². The molecule has 0 aliphatic rings. The van der Waals surface area contributed by atoms with E-state index in [0.717, 1.165) is 29.0 Å². The molecular weight excluding hydrogens is 447 g/mol. The van der Waals surface area contributed by atoms with Crippen LogP contribution in [0.5, 0.6) is 0 Å². The minimum atomic E-state index is -4.40. The molecule has 33 heavy (non-hydrogen) atoms. The van der Waals surface area contributed by atoms with Crippen LogP contribution in [0.25, 0.3) is 10.8 Å². The van der Waals surface area contributed by atoms with Crippen LogP contribution in [0, 0.1) is 5.92 Å². The maximum Gasteiger partial charge on any atom is 0.416 e. The smallest absolute Gasteiger partial charge is 0.416 e.